The zero-order chi connectivity index (χ0) is 13.1. The summed E-state index contributed by atoms with van der Waals surface area (Å²) in [7, 11) is -1.58. The minimum absolute atomic E-state index is 0.0649. The van der Waals surface area contributed by atoms with Gasteiger partial charge in [-0.25, -0.2) is 0 Å². The smallest absolute Gasteiger partial charge is 0.241 e. The van der Waals surface area contributed by atoms with E-state index in [2.05, 4.69) is 19.6 Å². The predicted molar refractivity (Wildman–Crippen MR) is 70.9 cm³/mol. The van der Waals surface area contributed by atoms with Crippen molar-refractivity contribution in [3.05, 3.63) is 21.9 Å². The lowest BCUT2D eigenvalue weighted by atomic mass is 9.81. The lowest BCUT2D eigenvalue weighted by molar-refractivity contribution is -0.526. The molecule has 0 bridgehead atoms. The van der Waals surface area contributed by atoms with Crippen molar-refractivity contribution in [1.29, 1.82) is 0 Å². The molecule has 0 spiro atoms. The van der Waals surface area contributed by atoms with Crippen LogP contribution in [0.3, 0.4) is 0 Å². The molecule has 5 heteroatoms. The van der Waals surface area contributed by atoms with Crippen molar-refractivity contribution in [1.82, 2.24) is 0 Å². The summed E-state index contributed by atoms with van der Waals surface area (Å²) in [6.07, 6.45) is 5.92. The van der Waals surface area contributed by atoms with Gasteiger partial charge in [-0.15, -0.1) is 0 Å². The van der Waals surface area contributed by atoms with Gasteiger partial charge >= 0.3 is 0 Å². The van der Waals surface area contributed by atoms with Crippen molar-refractivity contribution in [2.45, 2.75) is 58.3 Å². The number of nitrogens with zero attached hydrogens (tertiary/aromatic N) is 1. The summed E-state index contributed by atoms with van der Waals surface area (Å²) in [5, 5.41) is 10.9. The van der Waals surface area contributed by atoms with Crippen LogP contribution in [0.5, 0.6) is 0 Å². The van der Waals surface area contributed by atoms with Gasteiger partial charge in [-0.05, 0) is 44.5 Å². The van der Waals surface area contributed by atoms with Crippen LogP contribution in [-0.2, 0) is 4.43 Å². The summed E-state index contributed by atoms with van der Waals surface area (Å²) in [5.41, 5.74) is 1.14. The van der Waals surface area contributed by atoms with Gasteiger partial charge in [0.25, 0.3) is 0 Å². The first kappa shape index (κ1) is 14.2. The SMILES string of the molecule is C[C@@H]([C@@H]1CCCC/C1=C\O[Si](C)(C)C)[N+](=O)[O-]. The third kappa shape index (κ3) is 4.50. The molecule has 1 aliphatic carbocycles. The molecule has 0 aromatic heterocycles. The summed E-state index contributed by atoms with van der Waals surface area (Å²) in [6, 6.07) is -0.494. The Morgan fingerprint density at radius 1 is 1.47 bits per heavy atom. The molecule has 1 fully saturated rings. The van der Waals surface area contributed by atoms with Gasteiger partial charge < -0.3 is 4.43 Å². The third-order valence-electron chi connectivity index (χ3n) is 3.19. The van der Waals surface area contributed by atoms with Crippen LogP contribution in [0.2, 0.25) is 19.6 Å². The molecule has 0 radical (unpaired) electrons. The van der Waals surface area contributed by atoms with Crippen LogP contribution in [0.4, 0.5) is 0 Å². The van der Waals surface area contributed by atoms with E-state index in [9.17, 15) is 10.1 Å². The van der Waals surface area contributed by atoms with Crippen LogP contribution in [0.15, 0.2) is 11.8 Å². The normalized spacial score (nSPS) is 25.6. The fourth-order valence-electron chi connectivity index (χ4n) is 2.16. The Bertz CT molecular complexity index is 309. The van der Waals surface area contributed by atoms with Crippen molar-refractivity contribution >= 4 is 8.32 Å². The average molecular weight is 257 g/mol. The summed E-state index contributed by atoms with van der Waals surface area (Å²) in [5.74, 6) is 0.0649. The molecule has 0 N–H and O–H groups in total. The van der Waals surface area contributed by atoms with Crippen LogP contribution in [0.1, 0.15) is 32.6 Å². The Kier molecular flexibility index (Phi) is 4.74. The molecule has 0 saturated heterocycles. The predicted octanol–water partition coefficient (Wildman–Crippen LogP) is 3.58. The second-order valence-electron chi connectivity index (χ2n) is 5.80. The van der Waals surface area contributed by atoms with Gasteiger partial charge in [0.15, 0.2) is 0 Å². The van der Waals surface area contributed by atoms with Gasteiger partial charge in [0.05, 0.1) is 12.2 Å². The highest BCUT2D eigenvalue weighted by atomic mass is 28.4. The van der Waals surface area contributed by atoms with Crippen LogP contribution >= 0.6 is 0 Å². The van der Waals surface area contributed by atoms with E-state index in [1.807, 2.05) is 6.26 Å². The molecule has 0 aromatic carbocycles. The van der Waals surface area contributed by atoms with E-state index < -0.39 is 14.4 Å². The molecule has 17 heavy (non-hydrogen) atoms. The van der Waals surface area contributed by atoms with Gasteiger partial charge in [0.2, 0.25) is 14.4 Å². The van der Waals surface area contributed by atoms with Gasteiger partial charge in [0, 0.05) is 11.8 Å². The quantitative estimate of drug-likeness (QED) is 0.335. The Morgan fingerprint density at radius 3 is 2.65 bits per heavy atom. The molecule has 0 aromatic rings. The lowest BCUT2D eigenvalue weighted by Gasteiger charge is -2.27. The summed E-state index contributed by atoms with van der Waals surface area (Å²) in [4.78, 5) is 10.7. The largest absolute Gasteiger partial charge is 0.550 e. The maximum Gasteiger partial charge on any atom is 0.241 e. The van der Waals surface area contributed by atoms with E-state index in [-0.39, 0.29) is 10.8 Å². The van der Waals surface area contributed by atoms with Crippen molar-refractivity contribution in [2.24, 2.45) is 5.92 Å². The third-order valence-corrected chi connectivity index (χ3v) is 4.01. The second kappa shape index (κ2) is 5.66. The molecule has 0 aliphatic heterocycles. The van der Waals surface area contributed by atoms with Gasteiger partial charge in [0.1, 0.15) is 0 Å². The summed E-state index contributed by atoms with van der Waals surface area (Å²) in [6.45, 7) is 8.08. The zero-order valence-corrected chi connectivity index (χ0v) is 12.2. The minimum Gasteiger partial charge on any atom is -0.550 e. The monoisotopic (exact) mass is 257 g/mol. The van der Waals surface area contributed by atoms with E-state index in [4.69, 9.17) is 4.43 Å². The molecule has 1 saturated carbocycles. The van der Waals surface area contributed by atoms with Gasteiger partial charge in [-0.2, -0.15) is 0 Å². The number of hydrogen-bond donors (Lipinski definition) is 0. The van der Waals surface area contributed by atoms with Crippen LogP contribution in [-0.4, -0.2) is 19.3 Å². The van der Waals surface area contributed by atoms with Crippen LogP contribution < -0.4 is 0 Å². The number of hydrogen-bond acceptors (Lipinski definition) is 3. The second-order valence-corrected chi connectivity index (χ2v) is 10.3. The average Bonchev–Trinajstić information content (AvgIpc) is 2.24. The first-order valence-electron chi connectivity index (χ1n) is 6.31. The van der Waals surface area contributed by atoms with Crippen molar-refractivity contribution in [3.63, 3.8) is 0 Å². The highest BCUT2D eigenvalue weighted by molar-refractivity contribution is 6.69. The maximum atomic E-state index is 10.9. The zero-order valence-electron chi connectivity index (χ0n) is 11.2. The van der Waals surface area contributed by atoms with E-state index in [0.717, 1.165) is 31.3 Å². The van der Waals surface area contributed by atoms with Crippen molar-refractivity contribution in [2.75, 3.05) is 0 Å². The highest BCUT2D eigenvalue weighted by Gasteiger charge is 2.32. The number of rotatable bonds is 4. The fraction of sp³-hybridized carbons (Fsp3) is 0.833. The van der Waals surface area contributed by atoms with Gasteiger partial charge in [-0.1, -0.05) is 6.42 Å². The molecule has 1 aliphatic rings. The molecule has 2 atom stereocenters. The first-order chi connectivity index (χ1) is 7.81. The Hall–Kier alpha value is -0.843. The fourth-order valence-corrected chi connectivity index (χ4v) is 2.67. The van der Waals surface area contributed by atoms with Crippen molar-refractivity contribution in [3.8, 4) is 0 Å². The Labute approximate surface area is 104 Å². The molecular weight excluding hydrogens is 234 g/mol. The minimum atomic E-state index is -1.58. The van der Waals surface area contributed by atoms with E-state index >= 15 is 0 Å². The number of nitro groups is 1. The van der Waals surface area contributed by atoms with E-state index in [0.29, 0.717) is 0 Å². The molecule has 4 nitrogen and oxygen atoms in total. The topological polar surface area (TPSA) is 52.4 Å². The van der Waals surface area contributed by atoms with Crippen LogP contribution in [0.25, 0.3) is 0 Å². The standard InChI is InChI=1S/C12H23NO3Si/c1-10(13(14)15)12-8-6-5-7-11(12)9-16-17(2,3)4/h9-10,12H,5-8H2,1-4H3/b11-9+/t10-,12-/m0/s1. The maximum absolute atomic E-state index is 10.9. The molecule has 0 unspecified atom stereocenters. The first-order valence-corrected chi connectivity index (χ1v) is 9.72. The lowest BCUT2D eigenvalue weighted by Crippen LogP contribution is -2.30. The van der Waals surface area contributed by atoms with Crippen LogP contribution in [0, 0.1) is 16.0 Å². The van der Waals surface area contributed by atoms with E-state index in [1.165, 1.54) is 0 Å². The molecule has 1 rings (SSSR count). The Balaban J connectivity index is 2.75. The molecule has 98 valence electrons. The van der Waals surface area contributed by atoms with Gasteiger partial charge in [-0.3, -0.25) is 10.1 Å². The highest BCUT2D eigenvalue weighted by Crippen LogP contribution is 2.33. The summed E-state index contributed by atoms with van der Waals surface area (Å²) >= 11 is 0. The molecule has 0 heterocycles. The summed E-state index contributed by atoms with van der Waals surface area (Å²) < 4.78 is 5.78. The van der Waals surface area contributed by atoms with Crippen molar-refractivity contribution < 1.29 is 9.35 Å². The molecular formula is C12H23NO3Si. The molecule has 0 amide bonds. The Morgan fingerprint density at radius 2 is 2.12 bits per heavy atom. The van der Waals surface area contributed by atoms with E-state index in [1.54, 1.807) is 6.92 Å².